The maximum absolute atomic E-state index is 12.3. The molecule has 2 rings (SSSR count). The topological polar surface area (TPSA) is 65.7 Å². The van der Waals surface area contributed by atoms with Crippen molar-refractivity contribution in [1.82, 2.24) is 14.8 Å². The molecule has 0 aromatic carbocycles. The molecule has 0 spiro atoms. The van der Waals surface area contributed by atoms with Crippen LogP contribution in [0.15, 0.2) is 18.3 Å². The lowest BCUT2D eigenvalue weighted by atomic mass is 10.0. The van der Waals surface area contributed by atoms with Gasteiger partial charge in [-0.15, -0.1) is 0 Å². The van der Waals surface area contributed by atoms with E-state index >= 15 is 0 Å². The third kappa shape index (κ3) is 4.65. The van der Waals surface area contributed by atoms with Gasteiger partial charge in [-0.25, -0.2) is 4.98 Å². The zero-order valence-electron chi connectivity index (χ0n) is 14.7. The molecule has 0 aliphatic carbocycles. The lowest BCUT2D eigenvalue weighted by molar-refractivity contribution is -0.133. The van der Waals surface area contributed by atoms with Gasteiger partial charge in [0.25, 0.3) is 0 Å². The second-order valence-electron chi connectivity index (χ2n) is 6.84. The minimum atomic E-state index is -0.398. The molecule has 128 valence electrons. The summed E-state index contributed by atoms with van der Waals surface area (Å²) in [5.74, 6) is 1.22. The largest absolute Gasteiger partial charge is 0.353 e. The van der Waals surface area contributed by atoms with Crippen molar-refractivity contribution >= 4 is 11.7 Å². The van der Waals surface area contributed by atoms with E-state index in [1.54, 1.807) is 0 Å². The molecule has 6 heteroatoms. The summed E-state index contributed by atoms with van der Waals surface area (Å²) in [6, 6.07) is 3.79. The van der Waals surface area contributed by atoms with E-state index in [1.165, 1.54) is 5.56 Å². The van der Waals surface area contributed by atoms with Gasteiger partial charge in [0.1, 0.15) is 5.82 Å². The van der Waals surface area contributed by atoms with Crippen LogP contribution in [0, 0.1) is 5.92 Å². The van der Waals surface area contributed by atoms with Crippen LogP contribution in [-0.2, 0) is 11.3 Å². The lowest BCUT2D eigenvalue weighted by Gasteiger charge is -2.37. The molecule has 1 fully saturated rings. The number of hydrogen-bond acceptors (Lipinski definition) is 5. The number of nitrogens with two attached hydrogens (primary N) is 1. The summed E-state index contributed by atoms with van der Waals surface area (Å²) >= 11 is 0. The minimum absolute atomic E-state index is 0.0638. The van der Waals surface area contributed by atoms with Crippen molar-refractivity contribution in [1.29, 1.82) is 0 Å². The van der Waals surface area contributed by atoms with Crippen LogP contribution < -0.4 is 10.6 Å². The smallest absolute Gasteiger partial charge is 0.239 e. The monoisotopic (exact) mass is 319 g/mol. The second-order valence-corrected chi connectivity index (χ2v) is 6.84. The van der Waals surface area contributed by atoms with Crippen LogP contribution in [-0.4, -0.2) is 67.0 Å². The Morgan fingerprint density at radius 2 is 1.91 bits per heavy atom. The number of aromatic nitrogens is 1. The number of piperazine rings is 1. The van der Waals surface area contributed by atoms with Crippen LogP contribution in [0.4, 0.5) is 5.82 Å². The molecule has 0 unspecified atom stereocenters. The molecule has 6 nitrogen and oxygen atoms in total. The van der Waals surface area contributed by atoms with Gasteiger partial charge in [0.05, 0.1) is 6.04 Å². The van der Waals surface area contributed by atoms with E-state index in [0.29, 0.717) is 13.1 Å². The van der Waals surface area contributed by atoms with Crippen LogP contribution in [0.5, 0.6) is 0 Å². The highest BCUT2D eigenvalue weighted by Crippen LogP contribution is 2.15. The van der Waals surface area contributed by atoms with E-state index in [1.807, 2.05) is 39.0 Å². The van der Waals surface area contributed by atoms with Gasteiger partial charge >= 0.3 is 0 Å². The fourth-order valence-electron chi connectivity index (χ4n) is 2.71. The van der Waals surface area contributed by atoms with E-state index in [4.69, 9.17) is 5.73 Å². The Kier molecular flexibility index (Phi) is 5.96. The Labute approximate surface area is 139 Å². The average molecular weight is 319 g/mol. The number of carbonyl (C=O) groups is 1. The summed E-state index contributed by atoms with van der Waals surface area (Å²) in [5.41, 5.74) is 7.18. The highest BCUT2D eigenvalue weighted by Gasteiger charge is 2.27. The Morgan fingerprint density at radius 1 is 1.26 bits per heavy atom. The Hall–Kier alpha value is -1.66. The highest BCUT2D eigenvalue weighted by molar-refractivity contribution is 5.82. The van der Waals surface area contributed by atoms with Gasteiger partial charge in [-0.2, -0.15) is 0 Å². The van der Waals surface area contributed by atoms with Crippen LogP contribution in [0.3, 0.4) is 0 Å². The first-order valence-electron chi connectivity index (χ1n) is 8.27. The Morgan fingerprint density at radius 3 is 2.39 bits per heavy atom. The van der Waals surface area contributed by atoms with Crippen molar-refractivity contribution in [3.63, 3.8) is 0 Å². The molecular formula is C17H29N5O. The van der Waals surface area contributed by atoms with Gasteiger partial charge in [0.15, 0.2) is 0 Å². The maximum atomic E-state index is 12.3. The first-order valence-corrected chi connectivity index (χ1v) is 8.27. The van der Waals surface area contributed by atoms with Crippen LogP contribution >= 0.6 is 0 Å². The first-order chi connectivity index (χ1) is 10.9. The summed E-state index contributed by atoms with van der Waals surface area (Å²) in [6.45, 7) is 7.88. The molecule has 2 heterocycles. The molecule has 1 atom stereocenters. The van der Waals surface area contributed by atoms with Crippen LogP contribution in [0.2, 0.25) is 0 Å². The molecule has 0 saturated carbocycles. The fraction of sp³-hybridized carbons (Fsp3) is 0.647. The quantitative estimate of drug-likeness (QED) is 0.868. The van der Waals surface area contributed by atoms with Gasteiger partial charge < -0.3 is 20.4 Å². The molecule has 1 aliphatic rings. The molecule has 1 aliphatic heterocycles. The van der Waals surface area contributed by atoms with Gasteiger partial charge in [0, 0.05) is 38.9 Å². The third-order valence-corrected chi connectivity index (χ3v) is 4.23. The summed E-state index contributed by atoms with van der Waals surface area (Å²) < 4.78 is 0. The fourth-order valence-corrected chi connectivity index (χ4v) is 2.71. The number of carbonyl (C=O) groups excluding carboxylic acids is 1. The summed E-state index contributed by atoms with van der Waals surface area (Å²) in [6.07, 6.45) is 1.93. The summed E-state index contributed by atoms with van der Waals surface area (Å²) in [7, 11) is 4.10. The molecule has 1 aromatic rings. The van der Waals surface area contributed by atoms with Gasteiger partial charge in [-0.1, -0.05) is 19.9 Å². The summed E-state index contributed by atoms with van der Waals surface area (Å²) in [4.78, 5) is 23.1. The van der Waals surface area contributed by atoms with Crippen molar-refractivity contribution in [3.05, 3.63) is 23.9 Å². The van der Waals surface area contributed by atoms with Gasteiger partial charge in [0.2, 0.25) is 5.91 Å². The van der Waals surface area contributed by atoms with E-state index in [-0.39, 0.29) is 11.8 Å². The number of amides is 1. The zero-order chi connectivity index (χ0) is 17.0. The molecular weight excluding hydrogens is 290 g/mol. The minimum Gasteiger partial charge on any atom is -0.353 e. The van der Waals surface area contributed by atoms with Crippen molar-refractivity contribution in [3.8, 4) is 0 Å². The number of pyridine rings is 1. The molecule has 1 saturated heterocycles. The number of rotatable bonds is 5. The van der Waals surface area contributed by atoms with Crippen LogP contribution in [0.25, 0.3) is 0 Å². The van der Waals surface area contributed by atoms with Crippen molar-refractivity contribution in [2.24, 2.45) is 11.7 Å². The normalized spacial score (nSPS) is 17.0. The summed E-state index contributed by atoms with van der Waals surface area (Å²) in [5, 5.41) is 0. The number of anilines is 1. The zero-order valence-corrected chi connectivity index (χ0v) is 14.7. The Bertz CT molecular complexity index is 506. The van der Waals surface area contributed by atoms with Crippen molar-refractivity contribution < 1.29 is 4.79 Å². The predicted octanol–water partition coefficient (Wildman–Crippen LogP) is 0.775. The van der Waals surface area contributed by atoms with E-state index < -0.39 is 6.04 Å². The molecule has 0 bridgehead atoms. The number of nitrogens with zero attached hydrogens (tertiary/aromatic N) is 4. The van der Waals surface area contributed by atoms with Crippen molar-refractivity contribution in [2.45, 2.75) is 26.4 Å². The van der Waals surface area contributed by atoms with E-state index in [9.17, 15) is 4.79 Å². The SMILES string of the molecule is CC(C)[C@H](N)C(=O)N1CCN(c2ccc(CN(C)C)cn2)CC1. The lowest BCUT2D eigenvalue weighted by Crippen LogP contribution is -2.54. The van der Waals surface area contributed by atoms with Gasteiger partial charge in [-0.05, 0) is 31.6 Å². The molecule has 0 radical (unpaired) electrons. The number of hydrogen-bond donors (Lipinski definition) is 1. The molecule has 23 heavy (non-hydrogen) atoms. The average Bonchev–Trinajstić information content (AvgIpc) is 2.53. The standard InChI is InChI=1S/C17H29N5O/c1-13(2)16(18)17(23)22-9-7-21(8-10-22)15-6-5-14(11-19-15)12-20(3)4/h5-6,11,13,16H,7-10,12,18H2,1-4H3/t16-/m0/s1. The van der Waals surface area contributed by atoms with Crippen molar-refractivity contribution in [2.75, 3.05) is 45.2 Å². The molecule has 2 N–H and O–H groups in total. The molecule has 1 amide bonds. The Balaban J connectivity index is 1.90. The van der Waals surface area contributed by atoms with E-state index in [0.717, 1.165) is 25.5 Å². The first kappa shape index (κ1) is 17.7. The third-order valence-electron chi connectivity index (χ3n) is 4.23. The van der Waals surface area contributed by atoms with Crippen LogP contribution in [0.1, 0.15) is 19.4 Å². The van der Waals surface area contributed by atoms with Gasteiger partial charge in [-0.3, -0.25) is 4.79 Å². The van der Waals surface area contributed by atoms with E-state index in [2.05, 4.69) is 26.9 Å². The molecule has 1 aromatic heterocycles. The second kappa shape index (κ2) is 7.75. The predicted molar refractivity (Wildman–Crippen MR) is 93.2 cm³/mol. The maximum Gasteiger partial charge on any atom is 0.239 e. The highest BCUT2D eigenvalue weighted by atomic mass is 16.2.